The van der Waals surface area contributed by atoms with Gasteiger partial charge in [0.15, 0.2) is 10.2 Å². The summed E-state index contributed by atoms with van der Waals surface area (Å²) in [6.07, 6.45) is 0. The van der Waals surface area contributed by atoms with E-state index >= 15 is 0 Å². The molecule has 3 aromatic rings. The molecule has 27 heavy (non-hydrogen) atoms. The quantitative estimate of drug-likeness (QED) is 0.422. The van der Waals surface area contributed by atoms with E-state index in [9.17, 15) is 14.0 Å². The van der Waals surface area contributed by atoms with E-state index in [1.165, 1.54) is 36.0 Å². The molecule has 2 heterocycles. The molecule has 3 amide bonds. The van der Waals surface area contributed by atoms with Gasteiger partial charge in [-0.2, -0.15) is 0 Å². The number of hydrogen-bond acceptors (Lipinski definition) is 8. The van der Waals surface area contributed by atoms with E-state index in [1.807, 2.05) is 0 Å². The summed E-state index contributed by atoms with van der Waals surface area (Å²) in [6.45, 7) is 1.72. The lowest BCUT2D eigenvalue weighted by Crippen LogP contribution is -2.19. The zero-order chi connectivity index (χ0) is 19.2. The number of benzene rings is 1. The number of carbonyl (C=O) groups excluding carboxylic acids is 2. The van der Waals surface area contributed by atoms with Gasteiger partial charge in [0.2, 0.25) is 11.0 Å². The zero-order valence-electron chi connectivity index (χ0n) is 13.9. The molecule has 0 saturated carbocycles. The van der Waals surface area contributed by atoms with Crippen LogP contribution >= 0.6 is 23.1 Å². The molecule has 140 valence electrons. The molecule has 0 saturated heterocycles. The fraction of sp³-hybridized carbons (Fsp3) is 0.133. The summed E-state index contributed by atoms with van der Waals surface area (Å²) >= 11 is 2.29. The number of aryl methyl sites for hydroxylation is 1. The maximum Gasteiger partial charge on any atom is 0.325 e. The van der Waals surface area contributed by atoms with E-state index in [0.29, 0.717) is 21.6 Å². The maximum absolute atomic E-state index is 12.8. The van der Waals surface area contributed by atoms with Crippen LogP contribution in [0.4, 0.5) is 25.8 Å². The number of nitrogens with one attached hydrogen (secondary N) is 3. The van der Waals surface area contributed by atoms with Crippen molar-refractivity contribution >= 4 is 51.7 Å². The summed E-state index contributed by atoms with van der Waals surface area (Å²) in [4.78, 5) is 23.7. The van der Waals surface area contributed by atoms with Gasteiger partial charge in [-0.1, -0.05) is 28.3 Å². The van der Waals surface area contributed by atoms with Gasteiger partial charge >= 0.3 is 6.03 Å². The Hall–Kier alpha value is -2.99. The van der Waals surface area contributed by atoms with Gasteiger partial charge in [-0.15, -0.1) is 10.2 Å². The van der Waals surface area contributed by atoms with Gasteiger partial charge in [-0.25, -0.2) is 9.18 Å². The van der Waals surface area contributed by atoms with Crippen molar-refractivity contribution in [2.45, 2.75) is 11.3 Å². The molecule has 0 aliphatic heterocycles. The number of anilines is 3. The van der Waals surface area contributed by atoms with Crippen LogP contribution in [-0.2, 0) is 4.79 Å². The number of carbonyl (C=O) groups is 2. The van der Waals surface area contributed by atoms with E-state index in [4.69, 9.17) is 4.52 Å². The van der Waals surface area contributed by atoms with Crippen LogP contribution in [0.5, 0.6) is 0 Å². The average Bonchev–Trinajstić information content (AvgIpc) is 3.24. The lowest BCUT2D eigenvalue weighted by atomic mass is 10.3. The molecule has 12 heteroatoms. The molecule has 0 aliphatic carbocycles. The number of hydrogen-bond donors (Lipinski definition) is 3. The molecule has 3 rings (SSSR count). The SMILES string of the molecule is Cc1cc(NC(=O)CSc2nnc(NC(=O)Nc3ccc(F)cc3)s2)no1. The summed E-state index contributed by atoms with van der Waals surface area (Å²) in [5.41, 5.74) is 0.438. The minimum atomic E-state index is -0.534. The molecule has 0 radical (unpaired) electrons. The maximum atomic E-state index is 12.8. The van der Waals surface area contributed by atoms with Crippen molar-refractivity contribution in [3.63, 3.8) is 0 Å². The Balaban J connectivity index is 1.45. The Labute approximate surface area is 160 Å². The third-order valence-corrected chi connectivity index (χ3v) is 4.92. The van der Waals surface area contributed by atoms with Gasteiger partial charge in [0.25, 0.3) is 0 Å². The first-order valence-corrected chi connectivity index (χ1v) is 9.31. The topological polar surface area (TPSA) is 122 Å². The normalized spacial score (nSPS) is 10.4. The van der Waals surface area contributed by atoms with Gasteiger partial charge in [0.05, 0.1) is 5.75 Å². The summed E-state index contributed by atoms with van der Waals surface area (Å²) in [6, 6.07) is 6.42. The second-order valence-electron chi connectivity index (χ2n) is 5.12. The van der Waals surface area contributed by atoms with Gasteiger partial charge in [0, 0.05) is 11.8 Å². The lowest BCUT2D eigenvalue weighted by molar-refractivity contribution is -0.113. The largest absolute Gasteiger partial charge is 0.360 e. The van der Waals surface area contributed by atoms with Crippen molar-refractivity contribution in [2.24, 2.45) is 0 Å². The van der Waals surface area contributed by atoms with Crippen LogP contribution in [0.1, 0.15) is 5.76 Å². The summed E-state index contributed by atoms with van der Waals surface area (Å²) in [7, 11) is 0. The number of thioether (sulfide) groups is 1. The first-order valence-electron chi connectivity index (χ1n) is 7.51. The highest BCUT2D eigenvalue weighted by Crippen LogP contribution is 2.25. The monoisotopic (exact) mass is 408 g/mol. The smallest absolute Gasteiger partial charge is 0.325 e. The highest BCUT2D eigenvalue weighted by Gasteiger charge is 2.12. The molecule has 2 aromatic heterocycles. The van der Waals surface area contributed by atoms with Crippen LogP contribution in [-0.4, -0.2) is 33.0 Å². The Morgan fingerprint density at radius 1 is 1.19 bits per heavy atom. The minimum absolute atomic E-state index is 0.0995. The van der Waals surface area contributed by atoms with Crippen LogP contribution in [0.25, 0.3) is 0 Å². The minimum Gasteiger partial charge on any atom is -0.360 e. The number of rotatable bonds is 6. The highest BCUT2D eigenvalue weighted by atomic mass is 32.2. The first-order chi connectivity index (χ1) is 13.0. The average molecular weight is 408 g/mol. The number of halogens is 1. The summed E-state index contributed by atoms with van der Waals surface area (Å²) in [5, 5.41) is 19.3. The standard InChI is InChI=1S/C15H13FN6O3S2/c1-8-6-11(22-25-8)18-12(23)7-26-15-21-20-14(27-15)19-13(24)17-10-4-2-9(16)3-5-10/h2-6H,7H2,1H3,(H,18,22,23)(H2,17,19,20,24). The summed E-state index contributed by atoms with van der Waals surface area (Å²) < 4.78 is 18.2. The Morgan fingerprint density at radius 3 is 2.67 bits per heavy atom. The van der Waals surface area contributed by atoms with Crippen molar-refractivity contribution in [2.75, 3.05) is 21.7 Å². The van der Waals surface area contributed by atoms with Gasteiger partial charge < -0.3 is 15.2 Å². The van der Waals surface area contributed by atoms with E-state index < -0.39 is 11.8 Å². The molecular weight excluding hydrogens is 395 g/mol. The molecular formula is C15H13FN6O3S2. The lowest BCUT2D eigenvalue weighted by Gasteiger charge is -2.04. The molecule has 1 aromatic carbocycles. The molecule has 0 fully saturated rings. The fourth-order valence-corrected chi connectivity index (χ4v) is 3.39. The van der Waals surface area contributed by atoms with Crippen LogP contribution in [0, 0.1) is 12.7 Å². The molecule has 0 unspecified atom stereocenters. The van der Waals surface area contributed by atoms with E-state index in [1.54, 1.807) is 13.0 Å². The Morgan fingerprint density at radius 2 is 1.96 bits per heavy atom. The van der Waals surface area contributed by atoms with Crippen LogP contribution < -0.4 is 16.0 Å². The number of amides is 3. The molecule has 0 bridgehead atoms. The molecule has 0 atom stereocenters. The zero-order valence-corrected chi connectivity index (χ0v) is 15.5. The third-order valence-electron chi connectivity index (χ3n) is 2.95. The van der Waals surface area contributed by atoms with Crippen LogP contribution in [0.15, 0.2) is 39.2 Å². The van der Waals surface area contributed by atoms with Crippen LogP contribution in [0.3, 0.4) is 0 Å². The third kappa shape index (κ3) is 5.76. The second-order valence-corrected chi connectivity index (χ2v) is 7.32. The highest BCUT2D eigenvalue weighted by molar-refractivity contribution is 8.01. The van der Waals surface area contributed by atoms with Gasteiger partial charge in [-0.05, 0) is 31.2 Å². The number of urea groups is 1. The van der Waals surface area contributed by atoms with E-state index in [2.05, 4.69) is 31.3 Å². The number of aromatic nitrogens is 3. The van der Waals surface area contributed by atoms with Crippen molar-refractivity contribution in [1.29, 1.82) is 0 Å². The molecule has 0 spiro atoms. The van der Waals surface area contributed by atoms with Crippen molar-refractivity contribution in [3.8, 4) is 0 Å². The fourth-order valence-electron chi connectivity index (χ4n) is 1.84. The molecule has 9 nitrogen and oxygen atoms in total. The first kappa shape index (κ1) is 18.8. The Bertz CT molecular complexity index is 943. The van der Waals surface area contributed by atoms with Gasteiger partial charge in [-0.3, -0.25) is 10.1 Å². The van der Waals surface area contributed by atoms with Crippen LogP contribution in [0.2, 0.25) is 0 Å². The van der Waals surface area contributed by atoms with Crippen molar-refractivity contribution < 1.29 is 18.5 Å². The van der Waals surface area contributed by atoms with E-state index in [-0.39, 0.29) is 16.8 Å². The van der Waals surface area contributed by atoms with Crippen molar-refractivity contribution in [3.05, 3.63) is 41.9 Å². The summed E-state index contributed by atoms with van der Waals surface area (Å²) in [5.74, 6) is 0.371. The molecule has 0 aliphatic rings. The predicted molar refractivity (Wildman–Crippen MR) is 99.5 cm³/mol. The van der Waals surface area contributed by atoms with E-state index in [0.717, 1.165) is 11.3 Å². The Kier molecular flexibility index (Phi) is 5.98. The predicted octanol–water partition coefficient (Wildman–Crippen LogP) is 3.35. The number of nitrogens with zero attached hydrogens (tertiary/aromatic N) is 3. The second kappa shape index (κ2) is 8.60. The van der Waals surface area contributed by atoms with Gasteiger partial charge in [0.1, 0.15) is 11.6 Å². The molecule has 3 N–H and O–H groups in total. The van der Waals surface area contributed by atoms with Crippen molar-refractivity contribution in [1.82, 2.24) is 15.4 Å².